The second-order valence-electron chi connectivity index (χ2n) is 9.69. The molecule has 0 unspecified atom stereocenters. The quantitative estimate of drug-likeness (QED) is 0.296. The van der Waals surface area contributed by atoms with Gasteiger partial charge in [-0.05, 0) is 11.5 Å². The molecular formula is C28H35OPSi. The first-order valence-electron chi connectivity index (χ1n) is 11.8. The highest BCUT2D eigenvalue weighted by Gasteiger charge is 2.43. The summed E-state index contributed by atoms with van der Waals surface area (Å²) < 4.78 is 15.0. The topological polar surface area (TPSA) is 17.1 Å². The third-order valence-corrected chi connectivity index (χ3v) is 15.3. The number of hydrogen-bond acceptors (Lipinski definition) is 1. The third kappa shape index (κ3) is 4.81. The van der Waals surface area contributed by atoms with E-state index in [1.54, 1.807) is 0 Å². The molecule has 0 saturated heterocycles. The molecule has 0 aliphatic heterocycles. The first kappa shape index (κ1) is 22.3. The van der Waals surface area contributed by atoms with Crippen LogP contribution >= 0.6 is 7.14 Å². The molecule has 0 bridgehead atoms. The lowest BCUT2D eigenvalue weighted by atomic mass is 9.87. The summed E-state index contributed by atoms with van der Waals surface area (Å²) in [6.45, 7) is 5.03. The molecule has 1 aliphatic rings. The minimum atomic E-state index is -2.73. The molecule has 1 nitrogen and oxygen atoms in total. The minimum Gasteiger partial charge on any atom is -0.314 e. The van der Waals surface area contributed by atoms with Crippen molar-refractivity contribution in [1.29, 1.82) is 0 Å². The number of hydrogen-bond donors (Lipinski definition) is 0. The molecule has 3 aromatic rings. The summed E-state index contributed by atoms with van der Waals surface area (Å²) in [5.74, 6) is 0.677. The zero-order chi connectivity index (χ0) is 21.7. The molecule has 4 rings (SSSR count). The lowest BCUT2D eigenvalue weighted by molar-refractivity contribution is 0.346. The van der Waals surface area contributed by atoms with Gasteiger partial charge in [0.1, 0.15) is 7.14 Å². The van der Waals surface area contributed by atoms with Gasteiger partial charge in [0, 0.05) is 16.8 Å². The van der Waals surface area contributed by atoms with Crippen LogP contribution in [0.2, 0.25) is 18.6 Å². The summed E-state index contributed by atoms with van der Waals surface area (Å²) in [6, 6.07) is 31.7. The van der Waals surface area contributed by atoms with E-state index < -0.39 is 15.2 Å². The molecule has 0 heterocycles. The van der Waals surface area contributed by atoms with Crippen molar-refractivity contribution in [3.05, 3.63) is 91.0 Å². The Balaban J connectivity index is 1.81. The summed E-state index contributed by atoms with van der Waals surface area (Å²) in [4.78, 5) is 0. The van der Waals surface area contributed by atoms with Crippen LogP contribution in [0.1, 0.15) is 32.1 Å². The Hall–Kier alpha value is -1.89. The van der Waals surface area contributed by atoms with Crippen molar-refractivity contribution in [1.82, 2.24) is 0 Å². The van der Waals surface area contributed by atoms with Gasteiger partial charge in [-0.2, -0.15) is 0 Å². The monoisotopic (exact) mass is 446 g/mol. The maximum Gasteiger partial charge on any atom is 0.143 e. The van der Waals surface area contributed by atoms with Gasteiger partial charge in [-0.25, -0.2) is 0 Å². The van der Waals surface area contributed by atoms with E-state index in [1.165, 1.54) is 37.3 Å². The highest BCUT2D eigenvalue weighted by atomic mass is 31.2. The molecule has 1 aliphatic carbocycles. The standard InChI is InChI=1S/C28H35OPSi/c1-31(2,27-21-13-6-14-22-27)28(24-15-7-3-8-16-24)23-30(29,25-17-9-4-10-18-25)26-19-11-5-12-20-26/h4-6,9-14,17-22,24,28H,3,7-8,15-16,23H2,1-2H3/t28-/m1/s1. The summed E-state index contributed by atoms with van der Waals surface area (Å²) >= 11 is 0. The maximum atomic E-state index is 15.0. The van der Waals surface area contributed by atoms with Crippen molar-refractivity contribution in [2.45, 2.75) is 50.7 Å². The van der Waals surface area contributed by atoms with Gasteiger partial charge in [0.05, 0.1) is 8.07 Å². The molecule has 0 N–H and O–H groups in total. The summed E-state index contributed by atoms with van der Waals surface area (Å²) in [7, 11) is -4.57. The number of rotatable bonds is 7. The van der Waals surface area contributed by atoms with E-state index in [9.17, 15) is 4.57 Å². The molecule has 0 aromatic heterocycles. The molecule has 3 aromatic carbocycles. The van der Waals surface area contributed by atoms with E-state index in [0.29, 0.717) is 11.5 Å². The van der Waals surface area contributed by atoms with Gasteiger partial charge in [-0.1, -0.05) is 141 Å². The average Bonchev–Trinajstić information content (AvgIpc) is 2.84. The molecule has 3 heteroatoms. The molecule has 162 valence electrons. The molecule has 1 atom stereocenters. The van der Waals surface area contributed by atoms with Crippen LogP contribution in [0.4, 0.5) is 0 Å². The average molecular weight is 447 g/mol. The Kier molecular flexibility index (Phi) is 6.99. The molecular weight excluding hydrogens is 411 g/mol. The summed E-state index contributed by atoms with van der Waals surface area (Å²) in [6.07, 6.45) is 7.36. The smallest absolute Gasteiger partial charge is 0.143 e. The SMILES string of the molecule is C[Si](C)(c1ccccc1)[C@H](CP(=O)(c1ccccc1)c1ccccc1)C1CCCCC1. The second-order valence-corrected chi connectivity index (χ2v) is 17.3. The predicted molar refractivity (Wildman–Crippen MR) is 139 cm³/mol. The fourth-order valence-electron chi connectivity index (χ4n) is 5.56. The van der Waals surface area contributed by atoms with Crippen LogP contribution in [0, 0.1) is 5.92 Å². The van der Waals surface area contributed by atoms with Gasteiger partial charge in [-0.15, -0.1) is 0 Å². The Labute approximate surface area is 189 Å². The Bertz CT molecular complexity index is 951. The number of benzene rings is 3. The zero-order valence-corrected chi connectivity index (χ0v) is 20.8. The van der Waals surface area contributed by atoms with Crippen LogP contribution < -0.4 is 15.8 Å². The zero-order valence-electron chi connectivity index (χ0n) is 18.9. The van der Waals surface area contributed by atoms with E-state index in [-0.39, 0.29) is 0 Å². The summed E-state index contributed by atoms with van der Waals surface area (Å²) in [5.41, 5.74) is 0.501. The molecule has 1 fully saturated rings. The van der Waals surface area contributed by atoms with Crippen molar-refractivity contribution >= 4 is 31.0 Å². The Morgan fingerprint density at radius 3 is 1.68 bits per heavy atom. The highest BCUT2D eigenvalue weighted by Crippen LogP contribution is 2.52. The van der Waals surface area contributed by atoms with Gasteiger partial charge >= 0.3 is 0 Å². The lowest BCUT2D eigenvalue weighted by Crippen LogP contribution is -2.50. The minimum absolute atomic E-state index is 0.501. The van der Waals surface area contributed by atoms with E-state index in [2.05, 4.69) is 67.7 Å². The van der Waals surface area contributed by atoms with Crippen LogP contribution in [-0.4, -0.2) is 14.2 Å². The maximum absolute atomic E-state index is 15.0. The van der Waals surface area contributed by atoms with Crippen LogP contribution in [-0.2, 0) is 4.57 Å². The normalized spacial score (nSPS) is 16.7. The van der Waals surface area contributed by atoms with Crippen molar-refractivity contribution in [3.8, 4) is 0 Å². The highest BCUT2D eigenvalue weighted by molar-refractivity contribution is 7.78. The fraction of sp³-hybridized carbons (Fsp3) is 0.357. The van der Waals surface area contributed by atoms with Crippen molar-refractivity contribution < 1.29 is 4.57 Å². The van der Waals surface area contributed by atoms with Crippen LogP contribution in [0.25, 0.3) is 0 Å². The molecule has 1 saturated carbocycles. The largest absolute Gasteiger partial charge is 0.314 e. The predicted octanol–water partition coefficient (Wildman–Crippen LogP) is 6.57. The Morgan fingerprint density at radius 2 is 1.19 bits per heavy atom. The van der Waals surface area contributed by atoms with Crippen molar-refractivity contribution in [2.24, 2.45) is 5.92 Å². The Morgan fingerprint density at radius 1 is 0.742 bits per heavy atom. The molecule has 0 amide bonds. The van der Waals surface area contributed by atoms with E-state index in [0.717, 1.165) is 16.8 Å². The van der Waals surface area contributed by atoms with E-state index >= 15 is 0 Å². The first-order chi connectivity index (χ1) is 15.0. The fourth-order valence-corrected chi connectivity index (χ4v) is 14.0. The van der Waals surface area contributed by atoms with Gasteiger partial charge < -0.3 is 4.57 Å². The van der Waals surface area contributed by atoms with Crippen LogP contribution in [0.15, 0.2) is 91.0 Å². The second kappa shape index (κ2) is 9.71. The lowest BCUT2D eigenvalue weighted by Gasteiger charge is -2.42. The van der Waals surface area contributed by atoms with Crippen molar-refractivity contribution in [2.75, 3.05) is 6.16 Å². The molecule has 31 heavy (non-hydrogen) atoms. The molecule has 0 spiro atoms. The van der Waals surface area contributed by atoms with Crippen molar-refractivity contribution in [3.63, 3.8) is 0 Å². The van der Waals surface area contributed by atoms with E-state index in [1.807, 2.05) is 36.4 Å². The van der Waals surface area contributed by atoms with E-state index in [4.69, 9.17) is 0 Å². The van der Waals surface area contributed by atoms with Gasteiger partial charge in [-0.3, -0.25) is 0 Å². The third-order valence-electron chi connectivity index (χ3n) is 7.46. The van der Waals surface area contributed by atoms with Crippen LogP contribution in [0.5, 0.6) is 0 Å². The van der Waals surface area contributed by atoms with Gasteiger partial charge in [0.2, 0.25) is 0 Å². The first-order valence-corrected chi connectivity index (χ1v) is 16.7. The van der Waals surface area contributed by atoms with Gasteiger partial charge in [0.25, 0.3) is 0 Å². The molecule has 0 radical (unpaired) electrons. The summed E-state index contributed by atoms with van der Waals surface area (Å²) in [5, 5.41) is 3.53. The van der Waals surface area contributed by atoms with Crippen LogP contribution in [0.3, 0.4) is 0 Å². The van der Waals surface area contributed by atoms with Gasteiger partial charge in [0.15, 0.2) is 0 Å².